The third-order valence-corrected chi connectivity index (χ3v) is 6.44. The fourth-order valence-corrected chi connectivity index (χ4v) is 4.27. The van der Waals surface area contributed by atoms with E-state index in [0.29, 0.717) is 23.0 Å². The van der Waals surface area contributed by atoms with E-state index in [9.17, 15) is 8.42 Å². The van der Waals surface area contributed by atoms with Crippen LogP contribution >= 0.6 is 11.8 Å². The first-order valence-corrected chi connectivity index (χ1v) is 10.3. The maximum absolute atomic E-state index is 12.9. The average Bonchev–Trinajstić information content (AvgIpc) is 2.56. The first-order valence-electron chi connectivity index (χ1n) is 7.67. The minimum atomic E-state index is -3.54. The molecule has 0 fully saturated rings. The van der Waals surface area contributed by atoms with E-state index in [-0.39, 0.29) is 0 Å². The van der Waals surface area contributed by atoms with Crippen molar-refractivity contribution in [3.63, 3.8) is 0 Å². The first-order chi connectivity index (χ1) is 10.9. The summed E-state index contributed by atoms with van der Waals surface area (Å²) in [5.74, 6) is 0.426. The predicted molar refractivity (Wildman–Crippen MR) is 99.0 cm³/mol. The summed E-state index contributed by atoms with van der Waals surface area (Å²) in [6.45, 7) is 6.49. The summed E-state index contributed by atoms with van der Waals surface area (Å²) in [5.41, 5.74) is 1.90. The van der Waals surface area contributed by atoms with Gasteiger partial charge in [0.1, 0.15) is 0 Å². The molecule has 0 aromatic heterocycles. The van der Waals surface area contributed by atoms with E-state index in [1.807, 2.05) is 49.6 Å². The number of hydrogen-bond donors (Lipinski definition) is 0. The van der Waals surface area contributed by atoms with Crippen LogP contribution in [0, 0.1) is 0 Å². The lowest BCUT2D eigenvalue weighted by Crippen LogP contribution is -2.30. The Morgan fingerprint density at radius 3 is 2.00 bits per heavy atom. The summed E-state index contributed by atoms with van der Waals surface area (Å²) in [6.07, 6.45) is 1.97. The van der Waals surface area contributed by atoms with Crippen molar-refractivity contribution in [1.82, 2.24) is 0 Å². The number of nitrogens with zero attached hydrogens (tertiary/aromatic N) is 1. The molecule has 2 rings (SSSR count). The van der Waals surface area contributed by atoms with Crippen molar-refractivity contribution in [3.8, 4) is 0 Å². The molecule has 0 spiro atoms. The normalized spacial score (nSPS) is 11.7. The molecule has 5 heteroatoms. The highest BCUT2D eigenvalue weighted by Crippen LogP contribution is 2.26. The molecule has 0 bridgehead atoms. The molecule has 0 amide bonds. The van der Waals surface area contributed by atoms with Gasteiger partial charge < -0.3 is 0 Å². The van der Waals surface area contributed by atoms with E-state index in [1.54, 1.807) is 23.9 Å². The van der Waals surface area contributed by atoms with Gasteiger partial charge in [-0.1, -0.05) is 26.0 Å². The topological polar surface area (TPSA) is 37.4 Å². The molecular formula is C18H23NO2S2. The van der Waals surface area contributed by atoms with E-state index in [2.05, 4.69) is 13.8 Å². The number of sulfonamides is 1. The van der Waals surface area contributed by atoms with Crippen LogP contribution in [0.25, 0.3) is 0 Å². The molecule has 0 saturated heterocycles. The van der Waals surface area contributed by atoms with Crippen LogP contribution in [0.2, 0.25) is 0 Å². The van der Waals surface area contributed by atoms with Crippen LogP contribution in [0.5, 0.6) is 0 Å². The third kappa shape index (κ3) is 3.90. The third-order valence-electron chi connectivity index (χ3n) is 3.78. The Morgan fingerprint density at radius 2 is 1.57 bits per heavy atom. The molecule has 2 aromatic rings. The highest BCUT2D eigenvalue weighted by molar-refractivity contribution is 7.98. The van der Waals surface area contributed by atoms with Crippen molar-refractivity contribution in [2.45, 2.75) is 36.5 Å². The van der Waals surface area contributed by atoms with E-state index in [4.69, 9.17) is 0 Å². The van der Waals surface area contributed by atoms with Gasteiger partial charge in [-0.15, -0.1) is 11.8 Å². The van der Waals surface area contributed by atoms with Gasteiger partial charge in [-0.05, 0) is 61.1 Å². The van der Waals surface area contributed by atoms with Crippen LogP contribution in [-0.4, -0.2) is 21.2 Å². The number of rotatable bonds is 6. The summed E-state index contributed by atoms with van der Waals surface area (Å²) < 4.78 is 27.3. The Balaban J connectivity index is 2.37. The minimum Gasteiger partial charge on any atom is -0.267 e. The van der Waals surface area contributed by atoms with Crippen LogP contribution in [0.1, 0.15) is 32.3 Å². The Hall–Kier alpha value is -1.46. The van der Waals surface area contributed by atoms with Gasteiger partial charge >= 0.3 is 0 Å². The van der Waals surface area contributed by atoms with Crippen molar-refractivity contribution >= 4 is 27.5 Å². The highest BCUT2D eigenvalue weighted by atomic mass is 32.2. The molecule has 0 radical (unpaired) electrons. The second-order valence-corrected chi connectivity index (χ2v) is 8.33. The zero-order valence-corrected chi connectivity index (χ0v) is 15.6. The first kappa shape index (κ1) is 17.9. The van der Waals surface area contributed by atoms with Gasteiger partial charge in [0.15, 0.2) is 0 Å². The van der Waals surface area contributed by atoms with Gasteiger partial charge in [-0.2, -0.15) is 0 Å². The number of thioether (sulfide) groups is 1. The minimum absolute atomic E-state index is 0.324. The van der Waals surface area contributed by atoms with Gasteiger partial charge in [0.05, 0.1) is 10.6 Å². The summed E-state index contributed by atoms with van der Waals surface area (Å²) in [7, 11) is -3.54. The lowest BCUT2D eigenvalue weighted by atomic mass is 10.0. The zero-order valence-electron chi connectivity index (χ0n) is 14.0. The van der Waals surface area contributed by atoms with Crippen LogP contribution in [0.3, 0.4) is 0 Å². The molecule has 0 unspecified atom stereocenters. The monoisotopic (exact) mass is 349 g/mol. The SMILES string of the molecule is CCN(c1ccc(C(C)C)cc1)S(=O)(=O)c1ccc(SC)cc1. The Morgan fingerprint density at radius 1 is 1.00 bits per heavy atom. The zero-order chi connectivity index (χ0) is 17.0. The number of anilines is 1. The predicted octanol–water partition coefficient (Wildman–Crippen LogP) is 4.75. The fourth-order valence-electron chi connectivity index (χ4n) is 2.39. The lowest BCUT2D eigenvalue weighted by Gasteiger charge is -2.23. The van der Waals surface area contributed by atoms with E-state index in [0.717, 1.165) is 4.90 Å². The Bertz CT molecular complexity index is 736. The second-order valence-electron chi connectivity index (χ2n) is 5.59. The van der Waals surface area contributed by atoms with Crippen molar-refractivity contribution in [1.29, 1.82) is 0 Å². The molecular weight excluding hydrogens is 326 g/mol. The Kier molecular flexibility index (Phi) is 5.76. The molecule has 0 N–H and O–H groups in total. The van der Waals surface area contributed by atoms with E-state index in [1.165, 1.54) is 9.87 Å². The lowest BCUT2D eigenvalue weighted by molar-refractivity contribution is 0.592. The molecule has 23 heavy (non-hydrogen) atoms. The Labute approximate surface area is 143 Å². The van der Waals surface area contributed by atoms with Gasteiger partial charge in [0.25, 0.3) is 10.0 Å². The average molecular weight is 350 g/mol. The molecule has 0 heterocycles. The van der Waals surface area contributed by atoms with Crippen molar-refractivity contribution in [2.75, 3.05) is 17.1 Å². The molecule has 124 valence electrons. The standard InChI is InChI=1S/C18H23NO2S2/c1-5-19(16-8-6-15(7-9-16)14(2)3)23(20,21)18-12-10-17(22-4)11-13-18/h6-14H,5H2,1-4H3. The molecule has 0 aliphatic rings. The fraction of sp³-hybridized carbons (Fsp3) is 0.333. The van der Waals surface area contributed by atoms with Crippen molar-refractivity contribution in [3.05, 3.63) is 54.1 Å². The van der Waals surface area contributed by atoms with Gasteiger partial charge in [0, 0.05) is 11.4 Å². The highest BCUT2D eigenvalue weighted by Gasteiger charge is 2.23. The van der Waals surface area contributed by atoms with Gasteiger partial charge in [0.2, 0.25) is 0 Å². The maximum Gasteiger partial charge on any atom is 0.264 e. The van der Waals surface area contributed by atoms with Gasteiger partial charge in [-0.25, -0.2) is 8.42 Å². The summed E-state index contributed by atoms with van der Waals surface area (Å²) in [6, 6.07) is 14.8. The quantitative estimate of drug-likeness (QED) is 0.707. The molecule has 0 aliphatic carbocycles. The van der Waals surface area contributed by atoms with Crippen LogP contribution in [-0.2, 0) is 10.0 Å². The van der Waals surface area contributed by atoms with Crippen molar-refractivity contribution in [2.24, 2.45) is 0 Å². The molecule has 0 aliphatic heterocycles. The largest absolute Gasteiger partial charge is 0.267 e. The molecule has 0 atom stereocenters. The second kappa shape index (κ2) is 7.41. The molecule has 2 aromatic carbocycles. The van der Waals surface area contributed by atoms with Crippen LogP contribution < -0.4 is 4.31 Å². The number of hydrogen-bond acceptors (Lipinski definition) is 3. The van der Waals surface area contributed by atoms with Crippen LogP contribution in [0.15, 0.2) is 58.3 Å². The van der Waals surface area contributed by atoms with Crippen molar-refractivity contribution < 1.29 is 8.42 Å². The number of benzene rings is 2. The summed E-state index contributed by atoms with van der Waals surface area (Å²) >= 11 is 1.59. The summed E-state index contributed by atoms with van der Waals surface area (Å²) in [4.78, 5) is 1.37. The summed E-state index contributed by atoms with van der Waals surface area (Å²) in [5, 5.41) is 0. The maximum atomic E-state index is 12.9. The van der Waals surface area contributed by atoms with Crippen LogP contribution in [0.4, 0.5) is 5.69 Å². The van der Waals surface area contributed by atoms with E-state index < -0.39 is 10.0 Å². The molecule has 3 nitrogen and oxygen atoms in total. The smallest absolute Gasteiger partial charge is 0.264 e. The van der Waals surface area contributed by atoms with E-state index >= 15 is 0 Å². The van der Waals surface area contributed by atoms with Gasteiger partial charge in [-0.3, -0.25) is 4.31 Å². The molecule has 0 saturated carbocycles.